The van der Waals surface area contributed by atoms with Crippen molar-refractivity contribution in [1.29, 1.82) is 0 Å². The molecule has 0 heteroatoms. The second-order valence-electron chi connectivity index (χ2n) is 18.5. The molecule has 0 heterocycles. The Morgan fingerprint density at radius 1 is 0.224 bits per heavy atom. The van der Waals surface area contributed by atoms with Crippen LogP contribution in [-0.4, -0.2) is 0 Å². The molecule has 0 nitrogen and oxygen atoms in total. The van der Waals surface area contributed by atoms with Crippen molar-refractivity contribution in [3.8, 4) is 22.3 Å². The second-order valence-corrected chi connectivity index (χ2v) is 18.5. The molecular formula is C58H50. The third-order valence-corrected chi connectivity index (χ3v) is 13.6. The Hall–Kier alpha value is -5.98. The molecule has 0 bridgehead atoms. The van der Waals surface area contributed by atoms with E-state index in [2.05, 4.69) is 189 Å². The van der Waals surface area contributed by atoms with Gasteiger partial charge in [0.15, 0.2) is 0 Å². The standard InChI is InChI=1S/C58H50/c1-31(2)37-21-38(32(3)4)24-41(23-37)35-15-17-43-47-11-9-13-49-45-19-20-46-50-14-10-12-48-44-18-16-36(42-25-39(33(5)6)22-40(26-42)34(7)8)28-52(44)56(58(48)50)30-54(46)53(45)29-55(57(47)49)51(43)27-35/h9-34H,1-8H3. The van der Waals surface area contributed by atoms with Crippen LogP contribution in [0, 0.1) is 0 Å². The molecule has 0 fully saturated rings. The van der Waals surface area contributed by atoms with Crippen LogP contribution in [0.3, 0.4) is 0 Å². The lowest BCUT2D eigenvalue weighted by atomic mass is 9.90. The minimum absolute atomic E-state index is 0.477. The molecular weight excluding hydrogens is 697 g/mol. The molecule has 0 saturated heterocycles. The first-order valence-corrected chi connectivity index (χ1v) is 21.5. The summed E-state index contributed by atoms with van der Waals surface area (Å²) >= 11 is 0. The van der Waals surface area contributed by atoms with Crippen molar-refractivity contribution in [2.75, 3.05) is 0 Å². The minimum atomic E-state index is 0.477. The van der Waals surface area contributed by atoms with Gasteiger partial charge in [0, 0.05) is 0 Å². The number of hydrogen-bond acceptors (Lipinski definition) is 0. The number of fused-ring (bicyclic) bond motifs is 11. The predicted octanol–water partition coefficient (Wildman–Crippen LogP) is 17.6. The minimum Gasteiger partial charge on any atom is -0.0610 e. The number of benzene rings is 9. The van der Waals surface area contributed by atoms with Gasteiger partial charge in [-0.15, -0.1) is 0 Å². The molecule has 0 unspecified atom stereocenters. The van der Waals surface area contributed by atoms with Crippen LogP contribution >= 0.6 is 0 Å². The summed E-state index contributed by atoms with van der Waals surface area (Å²) in [6.45, 7) is 18.4. The van der Waals surface area contributed by atoms with Crippen molar-refractivity contribution in [2.24, 2.45) is 0 Å². The third kappa shape index (κ3) is 5.13. The molecule has 0 aromatic heterocycles. The summed E-state index contributed by atoms with van der Waals surface area (Å²) in [6.07, 6.45) is 0. The van der Waals surface area contributed by atoms with Gasteiger partial charge in [0.1, 0.15) is 0 Å². The van der Waals surface area contributed by atoms with Gasteiger partial charge < -0.3 is 0 Å². The fourth-order valence-electron chi connectivity index (χ4n) is 10.2. The molecule has 0 atom stereocenters. The average molecular weight is 747 g/mol. The van der Waals surface area contributed by atoms with Gasteiger partial charge in [-0.2, -0.15) is 0 Å². The molecule has 282 valence electrons. The summed E-state index contributed by atoms with van der Waals surface area (Å²) in [6, 6.07) is 52.6. The molecule has 0 amide bonds. The molecule has 58 heavy (non-hydrogen) atoms. The normalized spacial score (nSPS) is 12.8. The lowest BCUT2D eigenvalue weighted by Gasteiger charge is -2.15. The van der Waals surface area contributed by atoms with Crippen LogP contribution in [0.15, 0.2) is 133 Å². The fraction of sp³-hybridized carbons (Fsp3) is 0.207. The molecule has 0 aliphatic carbocycles. The molecule has 0 N–H and O–H groups in total. The maximum absolute atomic E-state index is 2.53. The van der Waals surface area contributed by atoms with Crippen LogP contribution in [-0.2, 0) is 0 Å². The number of hydrogen-bond donors (Lipinski definition) is 0. The van der Waals surface area contributed by atoms with Crippen LogP contribution in [0.2, 0.25) is 0 Å². The first kappa shape index (κ1) is 35.2. The van der Waals surface area contributed by atoms with Crippen molar-refractivity contribution in [1.82, 2.24) is 0 Å². The van der Waals surface area contributed by atoms with Crippen molar-refractivity contribution in [3.05, 3.63) is 156 Å². The Bertz CT molecular complexity index is 3160. The Morgan fingerprint density at radius 2 is 0.517 bits per heavy atom. The summed E-state index contributed by atoms with van der Waals surface area (Å²) in [7, 11) is 0. The van der Waals surface area contributed by atoms with Gasteiger partial charge in [-0.1, -0.05) is 165 Å². The van der Waals surface area contributed by atoms with Crippen LogP contribution in [0.25, 0.3) is 108 Å². The Kier molecular flexibility index (Phi) is 7.74. The monoisotopic (exact) mass is 746 g/mol. The first-order valence-electron chi connectivity index (χ1n) is 21.5. The van der Waals surface area contributed by atoms with E-state index in [9.17, 15) is 0 Å². The van der Waals surface area contributed by atoms with E-state index in [0.717, 1.165) is 0 Å². The first-order chi connectivity index (χ1) is 28.0. The van der Waals surface area contributed by atoms with Crippen LogP contribution in [0.5, 0.6) is 0 Å². The quantitative estimate of drug-likeness (QED) is 0.149. The maximum Gasteiger partial charge on any atom is -0.00199 e. The Morgan fingerprint density at radius 3 is 0.828 bits per heavy atom. The largest absolute Gasteiger partial charge is 0.0610 e. The summed E-state index contributed by atoms with van der Waals surface area (Å²) in [4.78, 5) is 0. The summed E-state index contributed by atoms with van der Waals surface area (Å²) in [5.41, 5.74) is 10.8. The summed E-state index contributed by atoms with van der Waals surface area (Å²) < 4.78 is 0. The SMILES string of the molecule is CC(C)c1cc(-c2ccc3c(c2)c2cc4c5cc6c7cc(-c8cc(C(C)C)cc(C(C)C)c8)ccc7c7cccc(c5ccc4c4cccc3c42)c76)cc(C(C)C)c1. The van der Waals surface area contributed by atoms with Crippen LogP contribution < -0.4 is 0 Å². The lowest BCUT2D eigenvalue weighted by Crippen LogP contribution is -1.95. The lowest BCUT2D eigenvalue weighted by molar-refractivity contribution is 0.834. The van der Waals surface area contributed by atoms with Gasteiger partial charge >= 0.3 is 0 Å². The summed E-state index contributed by atoms with van der Waals surface area (Å²) in [5.74, 6) is 1.91. The van der Waals surface area contributed by atoms with Crippen molar-refractivity contribution < 1.29 is 0 Å². The van der Waals surface area contributed by atoms with Crippen molar-refractivity contribution >= 4 is 86.2 Å². The highest BCUT2D eigenvalue weighted by Gasteiger charge is 2.20. The van der Waals surface area contributed by atoms with E-state index in [1.54, 1.807) is 0 Å². The van der Waals surface area contributed by atoms with E-state index in [4.69, 9.17) is 0 Å². The van der Waals surface area contributed by atoms with Crippen LogP contribution in [0.1, 0.15) is 101 Å². The fourth-order valence-corrected chi connectivity index (χ4v) is 10.2. The molecule has 11 aromatic carbocycles. The van der Waals surface area contributed by atoms with Gasteiger partial charge in [-0.3, -0.25) is 0 Å². The van der Waals surface area contributed by atoms with Gasteiger partial charge in [0.25, 0.3) is 0 Å². The van der Waals surface area contributed by atoms with E-state index in [-0.39, 0.29) is 0 Å². The molecule has 11 rings (SSSR count). The topological polar surface area (TPSA) is 0 Å². The van der Waals surface area contributed by atoms with Gasteiger partial charge in [0.2, 0.25) is 0 Å². The highest BCUT2D eigenvalue weighted by atomic mass is 14.2. The van der Waals surface area contributed by atoms with Gasteiger partial charge in [-0.05, 0) is 179 Å². The van der Waals surface area contributed by atoms with Crippen molar-refractivity contribution in [2.45, 2.75) is 79.1 Å². The van der Waals surface area contributed by atoms with Crippen molar-refractivity contribution in [3.63, 3.8) is 0 Å². The van der Waals surface area contributed by atoms with E-state index < -0.39 is 0 Å². The van der Waals surface area contributed by atoms with E-state index >= 15 is 0 Å². The third-order valence-electron chi connectivity index (χ3n) is 13.6. The highest BCUT2D eigenvalue weighted by Crippen LogP contribution is 2.48. The van der Waals surface area contributed by atoms with Gasteiger partial charge in [0.05, 0.1) is 0 Å². The summed E-state index contributed by atoms with van der Waals surface area (Å²) in [5, 5.41) is 21.5. The molecule has 0 spiro atoms. The van der Waals surface area contributed by atoms with E-state index in [0.29, 0.717) is 23.7 Å². The smallest absolute Gasteiger partial charge is 0.00199 e. The van der Waals surface area contributed by atoms with E-state index in [1.807, 2.05) is 0 Å². The Labute approximate surface area is 341 Å². The van der Waals surface area contributed by atoms with Gasteiger partial charge in [-0.25, -0.2) is 0 Å². The zero-order chi connectivity index (χ0) is 39.7. The molecule has 11 aromatic rings. The van der Waals surface area contributed by atoms with Crippen LogP contribution in [0.4, 0.5) is 0 Å². The zero-order valence-electron chi connectivity index (χ0n) is 35.0. The molecule has 0 aliphatic rings. The highest BCUT2D eigenvalue weighted by molar-refractivity contribution is 6.40. The molecule has 0 radical (unpaired) electrons. The second kappa shape index (κ2) is 12.8. The Balaban J connectivity index is 1.19. The number of rotatable bonds is 6. The maximum atomic E-state index is 2.53. The molecule has 0 saturated carbocycles. The molecule has 0 aliphatic heterocycles. The average Bonchev–Trinajstić information content (AvgIpc) is 3.73. The zero-order valence-corrected chi connectivity index (χ0v) is 35.0. The predicted molar refractivity (Wildman–Crippen MR) is 256 cm³/mol. The van der Waals surface area contributed by atoms with E-state index in [1.165, 1.54) is 131 Å².